The quantitative estimate of drug-likeness (QED) is 0.784. The monoisotopic (exact) mass is 298 g/mol. The van der Waals surface area contributed by atoms with E-state index in [1.165, 1.54) is 0 Å². The van der Waals surface area contributed by atoms with Crippen molar-refractivity contribution in [1.82, 2.24) is 14.5 Å². The normalized spacial score (nSPS) is 13.3. The first kappa shape index (κ1) is 14.8. The number of anilines is 1. The van der Waals surface area contributed by atoms with Crippen molar-refractivity contribution in [2.45, 2.75) is 26.8 Å². The summed E-state index contributed by atoms with van der Waals surface area (Å²) in [7, 11) is 0. The fraction of sp³-hybridized carbons (Fsp3) is 0.412. The molecule has 0 saturated heterocycles. The molecule has 0 aliphatic heterocycles. The van der Waals surface area contributed by atoms with E-state index in [1.807, 2.05) is 31.5 Å². The Hall–Kier alpha value is -2.14. The minimum absolute atomic E-state index is 0.218. The minimum Gasteiger partial charge on any atom is -0.382 e. The van der Waals surface area contributed by atoms with Crippen LogP contribution in [0, 0.1) is 5.92 Å². The molecule has 0 saturated carbocycles. The molecule has 2 heterocycles. The highest BCUT2D eigenvalue weighted by Gasteiger charge is 2.21. The zero-order valence-corrected chi connectivity index (χ0v) is 13.3. The van der Waals surface area contributed by atoms with Crippen LogP contribution in [0.5, 0.6) is 0 Å². The predicted molar refractivity (Wildman–Crippen MR) is 89.8 cm³/mol. The van der Waals surface area contributed by atoms with Crippen LogP contribution in [0.3, 0.4) is 0 Å². The summed E-state index contributed by atoms with van der Waals surface area (Å²) in [5.41, 5.74) is 8.80. The fourth-order valence-corrected chi connectivity index (χ4v) is 2.85. The van der Waals surface area contributed by atoms with E-state index in [4.69, 9.17) is 10.5 Å². The van der Waals surface area contributed by atoms with Gasteiger partial charge in [0.1, 0.15) is 5.52 Å². The molecule has 0 amide bonds. The van der Waals surface area contributed by atoms with E-state index in [-0.39, 0.29) is 6.04 Å². The van der Waals surface area contributed by atoms with Crippen molar-refractivity contribution in [1.29, 1.82) is 0 Å². The third kappa shape index (κ3) is 2.41. The van der Waals surface area contributed by atoms with E-state index in [1.54, 1.807) is 0 Å². The van der Waals surface area contributed by atoms with Crippen molar-refractivity contribution < 1.29 is 4.74 Å². The SMILES string of the molecule is CCOC[C@H](C(C)C)n1cnc2c(N)nc3ccccc3c21. The second-order valence-electron chi connectivity index (χ2n) is 5.83. The molecule has 2 aromatic heterocycles. The van der Waals surface area contributed by atoms with E-state index in [2.05, 4.69) is 34.4 Å². The maximum Gasteiger partial charge on any atom is 0.152 e. The van der Waals surface area contributed by atoms with E-state index in [9.17, 15) is 0 Å². The third-order valence-electron chi connectivity index (χ3n) is 4.06. The lowest BCUT2D eigenvalue weighted by Crippen LogP contribution is -2.20. The molecule has 116 valence electrons. The van der Waals surface area contributed by atoms with Gasteiger partial charge in [0.05, 0.1) is 30.0 Å². The van der Waals surface area contributed by atoms with Crippen LogP contribution in [0.2, 0.25) is 0 Å². The van der Waals surface area contributed by atoms with Gasteiger partial charge >= 0.3 is 0 Å². The largest absolute Gasteiger partial charge is 0.382 e. The molecule has 1 atom stereocenters. The molecule has 0 fully saturated rings. The molecule has 0 spiro atoms. The van der Waals surface area contributed by atoms with Crippen LogP contribution in [0.15, 0.2) is 30.6 Å². The zero-order chi connectivity index (χ0) is 15.7. The Morgan fingerprint density at radius 2 is 2.05 bits per heavy atom. The van der Waals surface area contributed by atoms with Crippen LogP contribution in [0.25, 0.3) is 21.9 Å². The van der Waals surface area contributed by atoms with Gasteiger partial charge in [0, 0.05) is 12.0 Å². The van der Waals surface area contributed by atoms with Crippen LogP contribution in [0.4, 0.5) is 5.82 Å². The number of fused-ring (bicyclic) bond motifs is 3. The first-order chi connectivity index (χ1) is 10.6. The third-order valence-corrected chi connectivity index (χ3v) is 4.06. The van der Waals surface area contributed by atoms with Gasteiger partial charge < -0.3 is 15.0 Å². The van der Waals surface area contributed by atoms with Crippen LogP contribution >= 0.6 is 0 Å². The maximum absolute atomic E-state index is 6.09. The molecule has 0 unspecified atom stereocenters. The van der Waals surface area contributed by atoms with Gasteiger partial charge in [0.25, 0.3) is 0 Å². The average molecular weight is 298 g/mol. The maximum atomic E-state index is 6.09. The first-order valence-corrected chi connectivity index (χ1v) is 7.72. The molecule has 0 aliphatic carbocycles. The summed E-state index contributed by atoms with van der Waals surface area (Å²) in [6.45, 7) is 7.78. The summed E-state index contributed by atoms with van der Waals surface area (Å²) in [5.74, 6) is 0.906. The number of para-hydroxylation sites is 1. The Morgan fingerprint density at radius 3 is 2.77 bits per heavy atom. The molecule has 5 heteroatoms. The number of benzene rings is 1. The lowest BCUT2D eigenvalue weighted by atomic mass is 10.0. The number of nitrogen functional groups attached to an aromatic ring is 1. The molecule has 3 rings (SSSR count). The molecule has 0 aliphatic rings. The summed E-state index contributed by atoms with van der Waals surface area (Å²) in [4.78, 5) is 8.95. The number of hydrogen-bond acceptors (Lipinski definition) is 4. The van der Waals surface area contributed by atoms with Crippen molar-refractivity contribution in [2.75, 3.05) is 18.9 Å². The summed E-state index contributed by atoms with van der Waals surface area (Å²) in [5, 5.41) is 1.08. The van der Waals surface area contributed by atoms with Crippen LogP contribution in [-0.2, 0) is 4.74 Å². The van der Waals surface area contributed by atoms with Crippen LogP contribution in [-0.4, -0.2) is 27.7 Å². The number of imidazole rings is 1. The Balaban J connectivity index is 2.25. The molecule has 22 heavy (non-hydrogen) atoms. The summed E-state index contributed by atoms with van der Waals surface area (Å²) in [6.07, 6.45) is 1.86. The molecule has 1 aromatic carbocycles. The van der Waals surface area contributed by atoms with Gasteiger partial charge in [-0.15, -0.1) is 0 Å². The van der Waals surface area contributed by atoms with Crippen molar-refractivity contribution in [2.24, 2.45) is 5.92 Å². The van der Waals surface area contributed by atoms with Gasteiger partial charge in [-0.2, -0.15) is 0 Å². The summed E-state index contributed by atoms with van der Waals surface area (Å²) >= 11 is 0. The second-order valence-corrected chi connectivity index (χ2v) is 5.83. The van der Waals surface area contributed by atoms with E-state index < -0.39 is 0 Å². The second kappa shape index (κ2) is 5.93. The molecular weight excluding hydrogens is 276 g/mol. The Kier molecular flexibility index (Phi) is 3.98. The van der Waals surface area contributed by atoms with Crippen molar-refractivity contribution in [3.05, 3.63) is 30.6 Å². The van der Waals surface area contributed by atoms with Gasteiger partial charge in [0.2, 0.25) is 0 Å². The van der Waals surface area contributed by atoms with Crippen LogP contribution in [0.1, 0.15) is 26.8 Å². The highest BCUT2D eigenvalue weighted by atomic mass is 16.5. The number of pyridine rings is 1. The number of rotatable bonds is 5. The lowest BCUT2D eigenvalue weighted by Gasteiger charge is -2.23. The summed E-state index contributed by atoms with van der Waals surface area (Å²) in [6, 6.07) is 8.26. The number of nitrogens with two attached hydrogens (primary N) is 1. The minimum atomic E-state index is 0.218. The number of aromatic nitrogens is 3. The van der Waals surface area contributed by atoms with Crippen molar-refractivity contribution >= 4 is 27.8 Å². The average Bonchev–Trinajstić information content (AvgIpc) is 2.93. The standard InChI is InChI=1S/C17H22N4O/c1-4-22-9-14(11(2)3)21-10-19-15-16(21)12-7-5-6-8-13(12)20-17(15)18/h5-8,10-11,14H,4,9H2,1-3H3,(H2,18,20)/t14-/m1/s1. The molecular formula is C17H22N4O. The van der Waals surface area contributed by atoms with Gasteiger partial charge in [0.15, 0.2) is 5.82 Å². The fourth-order valence-electron chi connectivity index (χ4n) is 2.85. The molecule has 2 N–H and O–H groups in total. The highest BCUT2D eigenvalue weighted by Crippen LogP contribution is 2.31. The van der Waals surface area contributed by atoms with Crippen molar-refractivity contribution in [3.63, 3.8) is 0 Å². The smallest absolute Gasteiger partial charge is 0.152 e. The van der Waals surface area contributed by atoms with E-state index in [0.29, 0.717) is 24.9 Å². The van der Waals surface area contributed by atoms with Gasteiger partial charge in [-0.3, -0.25) is 0 Å². The number of nitrogens with zero attached hydrogens (tertiary/aromatic N) is 3. The summed E-state index contributed by atoms with van der Waals surface area (Å²) < 4.78 is 7.87. The highest BCUT2D eigenvalue weighted by molar-refractivity contribution is 6.06. The van der Waals surface area contributed by atoms with Gasteiger partial charge in [-0.1, -0.05) is 32.0 Å². The Morgan fingerprint density at radius 1 is 1.27 bits per heavy atom. The first-order valence-electron chi connectivity index (χ1n) is 7.72. The van der Waals surface area contributed by atoms with Crippen LogP contribution < -0.4 is 5.73 Å². The predicted octanol–water partition coefficient (Wildman–Crippen LogP) is 3.40. The molecule has 5 nitrogen and oxygen atoms in total. The number of hydrogen-bond donors (Lipinski definition) is 1. The van der Waals surface area contributed by atoms with E-state index in [0.717, 1.165) is 21.9 Å². The van der Waals surface area contributed by atoms with Gasteiger partial charge in [-0.25, -0.2) is 9.97 Å². The van der Waals surface area contributed by atoms with Crippen molar-refractivity contribution in [3.8, 4) is 0 Å². The number of ether oxygens (including phenoxy) is 1. The Labute approximate surface area is 130 Å². The van der Waals surface area contributed by atoms with Gasteiger partial charge in [-0.05, 0) is 18.9 Å². The molecule has 3 aromatic rings. The Bertz CT molecular complexity index is 794. The molecule has 0 radical (unpaired) electrons. The lowest BCUT2D eigenvalue weighted by molar-refractivity contribution is 0.0980. The van der Waals surface area contributed by atoms with E-state index >= 15 is 0 Å². The topological polar surface area (TPSA) is 66.0 Å². The molecule has 0 bridgehead atoms. The zero-order valence-electron chi connectivity index (χ0n) is 13.3.